The van der Waals surface area contributed by atoms with Gasteiger partial charge in [-0.1, -0.05) is 0 Å². The van der Waals surface area contributed by atoms with Crippen LogP contribution in [0.2, 0.25) is 0 Å². The van der Waals surface area contributed by atoms with Gasteiger partial charge in [-0.2, -0.15) is 0 Å². The summed E-state index contributed by atoms with van der Waals surface area (Å²) in [7, 11) is 0. The molecule has 0 saturated heterocycles. The summed E-state index contributed by atoms with van der Waals surface area (Å²) < 4.78 is 9.98. The molecule has 1 radical (unpaired) electrons. The molecule has 2 rings (SSSR count). The van der Waals surface area contributed by atoms with Gasteiger partial charge in [0, 0.05) is 12.3 Å². The van der Waals surface area contributed by atoms with Crippen LogP contribution in [0.3, 0.4) is 0 Å². The van der Waals surface area contributed by atoms with E-state index in [1.54, 1.807) is 12.3 Å². The lowest BCUT2D eigenvalue weighted by Crippen LogP contribution is -1.97. The van der Waals surface area contributed by atoms with Crippen LogP contribution < -0.4 is 9.47 Å². The van der Waals surface area contributed by atoms with E-state index in [1.165, 1.54) is 12.5 Å². The Labute approximate surface area is 57.9 Å². The van der Waals surface area contributed by atoms with Gasteiger partial charge in [0.2, 0.25) is 0 Å². The minimum Gasteiger partial charge on any atom is -0.455 e. The Bertz CT molecular complexity index is 243. The zero-order valence-electron chi connectivity index (χ0n) is 5.07. The Morgan fingerprint density at radius 1 is 1.30 bits per heavy atom. The Kier molecular flexibility index (Phi) is 1.07. The van der Waals surface area contributed by atoms with Gasteiger partial charge in [-0.15, -0.1) is 0 Å². The number of rotatable bonds is 0. The largest absolute Gasteiger partial charge is 0.455 e. The van der Waals surface area contributed by atoms with E-state index < -0.39 is 0 Å². The SMILES string of the molecule is [c]1ccnc2c1OC=CO2. The fourth-order valence-electron chi connectivity index (χ4n) is 0.695. The number of fused-ring (bicyclic) bond motifs is 1. The molecule has 3 nitrogen and oxygen atoms in total. The van der Waals surface area contributed by atoms with E-state index >= 15 is 0 Å². The second-order valence-corrected chi connectivity index (χ2v) is 1.73. The smallest absolute Gasteiger partial charge is 0.263 e. The van der Waals surface area contributed by atoms with Gasteiger partial charge in [0.1, 0.15) is 12.5 Å². The molecule has 0 unspecified atom stereocenters. The number of nitrogens with zero attached hydrogens (tertiary/aromatic N) is 1. The average molecular weight is 134 g/mol. The van der Waals surface area contributed by atoms with Crippen molar-refractivity contribution in [3.05, 3.63) is 30.9 Å². The molecule has 1 aliphatic heterocycles. The normalized spacial score (nSPS) is 13.2. The maximum atomic E-state index is 5.00. The van der Waals surface area contributed by atoms with Crippen LogP contribution in [0.4, 0.5) is 0 Å². The lowest BCUT2D eigenvalue weighted by molar-refractivity contribution is 0.349. The van der Waals surface area contributed by atoms with Gasteiger partial charge in [-0.05, 0) is 6.07 Å². The zero-order valence-corrected chi connectivity index (χ0v) is 5.07. The van der Waals surface area contributed by atoms with Crippen molar-refractivity contribution >= 4 is 0 Å². The fourth-order valence-corrected chi connectivity index (χ4v) is 0.695. The van der Waals surface area contributed by atoms with Crippen molar-refractivity contribution in [1.82, 2.24) is 4.98 Å². The predicted octanol–water partition coefficient (Wildman–Crippen LogP) is 1.12. The molecule has 1 aromatic rings. The van der Waals surface area contributed by atoms with Crippen molar-refractivity contribution < 1.29 is 9.47 Å². The first-order valence-electron chi connectivity index (χ1n) is 2.82. The van der Waals surface area contributed by atoms with Crippen molar-refractivity contribution in [2.45, 2.75) is 0 Å². The van der Waals surface area contributed by atoms with E-state index in [9.17, 15) is 0 Å². The van der Waals surface area contributed by atoms with Crippen LogP contribution in [0.5, 0.6) is 11.6 Å². The first-order valence-corrected chi connectivity index (χ1v) is 2.82. The number of hydrogen-bond acceptors (Lipinski definition) is 3. The highest BCUT2D eigenvalue weighted by Gasteiger charge is 2.06. The topological polar surface area (TPSA) is 31.4 Å². The Hall–Kier alpha value is -1.51. The summed E-state index contributed by atoms with van der Waals surface area (Å²) >= 11 is 0. The van der Waals surface area contributed by atoms with Crippen LogP contribution >= 0.6 is 0 Å². The van der Waals surface area contributed by atoms with Gasteiger partial charge in [-0.3, -0.25) is 0 Å². The molecule has 0 bridgehead atoms. The molecule has 0 N–H and O–H groups in total. The fraction of sp³-hybridized carbons (Fsp3) is 0. The second kappa shape index (κ2) is 2.02. The van der Waals surface area contributed by atoms with Crippen molar-refractivity contribution in [1.29, 1.82) is 0 Å². The summed E-state index contributed by atoms with van der Waals surface area (Å²) in [6.45, 7) is 0. The van der Waals surface area contributed by atoms with E-state index in [4.69, 9.17) is 9.47 Å². The third-order valence-corrected chi connectivity index (χ3v) is 1.10. The number of ether oxygens (including phenoxy) is 2. The maximum absolute atomic E-state index is 5.00. The maximum Gasteiger partial charge on any atom is 0.263 e. The van der Waals surface area contributed by atoms with Crippen molar-refractivity contribution in [3.63, 3.8) is 0 Å². The number of aromatic nitrogens is 1. The van der Waals surface area contributed by atoms with E-state index in [-0.39, 0.29) is 0 Å². The molecule has 10 heavy (non-hydrogen) atoms. The molecule has 2 heterocycles. The molecule has 49 valence electrons. The van der Waals surface area contributed by atoms with Gasteiger partial charge < -0.3 is 9.47 Å². The summed E-state index contributed by atoms with van der Waals surface area (Å²) in [6.07, 6.45) is 4.48. The third-order valence-electron chi connectivity index (χ3n) is 1.10. The van der Waals surface area contributed by atoms with Crippen LogP contribution in [0, 0.1) is 6.07 Å². The standard InChI is InChI=1S/C7H4NO2/c1-2-6-7(8-3-1)10-5-4-9-6/h1,3-5H. The molecule has 1 aromatic heterocycles. The highest BCUT2D eigenvalue weighted by atomic mass is 16.5. The Morgan fingerprint density at radius 3 is 3.10 bits per heavy atom. The van der Waals surface area contributed by atoms with Crippen molar-refractivity contribution in [2.75, 3.05) is 0 Å². The number of pyridine rings is 1. The molecular weight excluding hydrogens is 130 g/mol. The summed E-state index contributed by atoms with van der Waals surface area (Å²) in [4.78, 5) is 3.89. The molecule has 0 aliphatic carbocycles. The highest BCUT2D eigenvalue weighted by Crippen LogP contribution is 2.25. The summed E-state index contributed by atoms with van der Waals surface area (Å²) in [5.74, 6) is 0.995. The van der Waals surface area contributed by atoms with Gasteiger partial charge in [0.05, 0.1) is 0 Å². The second-order valence-electron chi connectivity index (χ2n) is 1.73. The molecule has 0 amide bonds. The highest BCUT2D eigenvalue weighted by molar-refractivity contribution is 5.33. The zero-order chi connectivity index (χ0) is 6.81. The minimum absolute atomic E-state index is 0.463. The monoisotopic (exact) mass is 134 g/mol. The number of hydrogen-bond donors (Lipinski definition) is 0. The molecule has 0 fully saturated rings. The van der Waals surface area contributed by atoms with Gasteiger partial charge in [-0.25, -0.2) is 4.98 Å². The minimum atomic E-state index is 0.463. The van der Waals surface area contributed by atoms with Crippen LogP contribution in [0.1, 0.15) is 0 Å². The lowest BCUT2D eigenvalue weighted by Gasteiger charge is -2.08. The van der Waals surface area contributed by atoms with E-state index in [1.807, 2.05) is 0 Å². The predicted molar refractivity (Wildman–Crippen MR) is 33.5 cm³/mol. The van der Waals surface area contributed by atoms with E-state index in [2.05, 4.69) is 11.1 Å². The molecular formula is C7H4NO2. The summed E-state index contributed by atoms with van der Waals surface area (Å²) in [5.41, 5.74) is 0. The molecule has 3 heteroatoms. The quantitative estimate of drug-likeness (QED) is 0.532. The molecule has 1 aliphatic rings. The Morgan fingerprint density at radius 2 is 2.20 bits per heavy atom. The van der Waals surface area contributed by atoms with Gasteiger partial charge in [0.15, 0.2) is 5.75 Å². The van der Waals surface area contributed by atoms with Crippen LogP contribution in [0.15, 0.2) is 24.8 Å². The van der Waals surface area contributed by atoms with Gasteiger partial charge in [0.25, 0.3) is 5.88 Å². The summed E-state index contributed by atoms with van der Waals surface area (Å²) in [6, 6.07) is 4.50. The first kappa shape index (κ1) is 5.29. The van der Waals surface area contributed by atoms with Crippen LogP contribution in [-0.2, 0) is 0 Å². The molecule has 0 atom stereocenters. The summed E-state index contributed by atoms with van der Waals surface area (Å²) in [5, 5.41) is 0. The third kappa shape index (κ3) is 0.719. The van der Waals surface area contributed by atoms with Crippen LogP contribution in [-0.4, -0.2) is 4.98 Å². The van der Waals surface area contributed by atoms with Crippen LogP contribution in [0.25, 0.3) is 0 Å². The van der Waals surface area contributed by atoms with Gasteiger partial charge >= 0.3 is 0 Å². The average Bonchev–Trinajstić information content (AvgIpc) is 2.05. The lowest BCUT2D eigenvalue weighted by atomic mass is 10.4. The Balaban J connectivity index is 2.47. The molecule has 0 aromatic carbocycles. The van der Waals surface area contributed by atoms with E-state index in [0.29, 0.717) is 11.6 Å². The van der Waals surface area contributed by atoms with E-state index in [0.717, 1.165) is 0 Å². The van der Waals surface area contributed by atoms with Crippen molar-refractivity contribution in [3.8, 4) is 11.6 Å². The first-order chi connectivity index (χ1) is 4.97. The van der Waals surface area contributed by atoms with Crippen molar-refractivity contribution in [2.24, 2.45) is 0 Å². The molecule has 0 spiro atoms. The molecule has 0 saturated carbocycles.